The van der Waals surface area contributed by atoms with Gasteiger partial charge in [-0.15, -0.1) is 10.2 Å². The quantitative estimate of drug-likeness (QED) is 0.885. The lowest BCUT2D eigenvalue weighted by Gasteiger charge is -2.25. The van der Waals surface area contributed by atoms with Crippen LogP contribution in [0, 0.1) is 0 Å². The fraction of sp³-hybridized carbons (Fsp3) is 0.385. The molecule has 0 radical (unpaired) electrons. The Hall–Kier alpha value is -2.24. The summed E-state index contributed by atoms with van der Waals surface area (Å²) in [5.74, 6) is 0.576. The Morgan fingerprint density at radius 1 is 1.47 bits per heavy atom. The van der Waals surface area contributed by atoms with Crippen LogP contribution in [0.25, 0.3) is 0 Å². The molecule has 6 heteroatoms. The Labute approximate surface area is 110 Å². The molecule has 0 spiro atoms. The Morgan fingerprint density at radius 3 is 3.11 bits per heavy atom. The molecule has 1 aliphatic heterocycles. The summed E-state index contributed by atoms with van der Waals surface area (Å²) in [6.45, 7) is 0.821. The highest BCUT2D eigenvalue weighted by Crippen LogP contribution is 2.32. The van der Waals surface area contributed by atoms with Crippen LogP contribution in [0.5, 0.6) is 0 Å². The van der Waals surface area contributed by atoms with Gasteiger partial charge < -0.3 is 5.32 Å². The lowest BCUT2D eigenvalue weighted by molar-refractivity contribution is -0.120. The van der Waals surface area contributed by atoms with Gasteiger partial charge in [0.25, 0.3) is 0 Å². The van der Waals surface area contributed by atoms with Crippen LogP contribution in [0.4, 0.5) is 5.69 Å². The summed E-state index contributed by atoms with van der Waals surface area (Å²) in [6, 6.07) is 7.96. The summed E-state index contributed by atoms with van der Waals surface area (Å²) in [6.07, 6.45) is 1.06. The van der Waals surface area contributed by atoms with Gasteiger partial charge in [0, 0.05) is 18.2 Å². The molecule has 0 fully saturated rings. The number of hydrogen-bond acceptors (Lipinski definition) is 5. The normalized spacial score (nSPS) is 17.6. The first-order chi connectivity index (χ1) is 9.24. The van der Waals surface area contributed by atoms with Gasteiger partial charge in [-0.1, -0.05) is 18.2 Å². The van der Waals surface area contributed by atoms with Gasteiger partial charge in [-0.3, -0.25) is 4.79 Å². The van der Waals surface area contributed by atoms with Crippen molar-refractivity contribution in [3.63, 3.8) is 0 Å². The van der Waals surface area contributed by atoms with E-state index in [0.29, 0.717) is 5.82 Å². The van der Waals surface area contributed by atoms with Crippen LogP contribution in [0.3, 0.4) is 0 Å². The number of tetrazole rings is 1. The van der Waals surface area contributed by atoms with Gasteiger partial charge in [0.1, 0.15) is 5.78 Å². The molecule has 1 unspecified atom stereocenters. The number of aromatic nitrogens is 4. The maximum absolute atomic E-state index is 12.4. The van der Waals surface area contributed by atoms with Crippen LogP contribution in [0.15, 0.2) is 24.3 Å². The molecule has 3 rings (SSSR count). The molecule has 1 N–H and O–H groups in total. The van der Waals surface area contributed by atoms with Crippen molar-refractivity contribution in [3.8, 4) is 0 Å². The molecule has 0 bridgehead atoms. The fourth-order valence-electron chi connectivity index (χ4n) is 2.48. The molecule has 0 saturated heterocycles. The maximum atomic E-state index is 12.4. The molecule has 6 nitrogen and oxygen atoms in total. The summed E-state index contributed by atoms with van der Waals surface area (Å²) >= 11 is 0. The van der Waals surface area contributed by atoms with Crippen LogP contribution in [-0.2, 0) is 18.3 Å². The Balaban J connectivity index is 1.81. The molecular weight excluding hydrogens is 242 g/mol. The number of para-hydroxylation sites is 1. The number of rotatable bonds is 3. The summed E-state index contributed by atoms with van der Waals surface area (Å²) in [5, 5.41) is 15.0. The predicted molar refractivity (Wildman–Crippen MR) is 69.8 cm³/mol. The minimum absolute atomic E-state index is 0.0683. The molecule has 98 valence electrons. The topological polar surface area (TPSA) is 72.7 Å². The second-order valence-electron chi connectivity index (χ2n) is 4.69. The minimum atomic E-state index is -0.0683. The Bertz CT molecular complexity index is 607. The number of carbonyl (C=O) groups excluding carboxylic acids is 1. The van der Waals surface area contributed by atoms with Gasteiger partial charge in [-0.05, 0) is 23.3 Å². The maximum Gasteiger partial charge on any atom is 0.182 e. The van der Waals surface area contributed by atoms with Crippen molar-refractivity contribution < 1.29 is 4.79 Å². The number of hydrogen-bond donors (Lipinski definition) is 1. The van der Waals surface area contributed by atoms with Crippen LogP contribution in [0.1, 0.15) is 23.7 Å². The number of aryl methyl sites for hydroxylation is 1. The smallest absolute Gasteiger partial charge is 0.182 e. The number of Topliss-reactive ketones (excluding diaryl/α,β-unsaturated/α-hetero) is 1. The van der Waals surface area contributed by atoms with E-state index in [1.54, 1.807) is 7.05 Å². The van der Waals surface area contributed by atoms with E-state index >= 15 is 0 Å². The largest absolute Gasteiger partial charge is 0.385 e. The fourth-order valence-corrected chi connectivity index (χ4v) is 2.48. The molecule has 0 aliphatic carbocycles. The number of anilines is 1. The molecule has 0 saturated carbocycles. The van der Waals surface area contributed by atoms with E-state index in [4.69, 9.17) is 0 Å². The summed E-state index contributed by atoms with van der Waals surface area (Å²) in [4.78, 5) is 13.8. The van der Waals surface area contributed by atoms with Crippen molar-refractivity contribution in [3.05, 3.63) is 35.7 Å². The van der Waals surface area contributed by atoms with Crippen molar-refractivity contribution in [1.82, 2.24) is 20.2 Å². The molecule has 1 aliphatic rings. The van der Waals surface area contributed by atoms with E-state index in [2.05, 4.69) is 20.7 Å². The zero-order chi connectivity index (χ0) is 13.2. The first-order valence-corrected chi connectivity index (χ1v) is 6.32. The van der Waals surface area contributed by atoms with Gasteiger partial charge in [0.15, 0.2) is 5.82 Å². The first kappa shape index (κ1) is 11.8. The van der Waals surface area contributed by atoms with E-state index in [-0.39, 0.29) is 18.1 Å². The van der Waals surface area contributed by atoms with Gasteiger partial charge in [-0.2, -0.15) is 4.80 Å². The predicted octanol–water partition coefficient (Wildman–Crippen LogP) is 0.921. The number of ketones is 1. The monoisotopic (exact) mass is 257 g/mol. The van der Waals surface area contributed by atoms with Crippen LogP contribution in [-0.4, -0.2) is 32.5 Å². The van der Waals surface area contributed by atoms with Crippen molar-refractivity contribution >= 4 is 11.5 Å². The number of benzene rings is 1. The van der Waals surface area contributed by atoms with Gasteiger partial charge in [0.2, 0.25) is 0 Å². The van der Waals surface area contributed by atoms with E-state index in [1.807, 2.05) is 24.3 Å². The molecule has 1 atom stereocenters. The second kappa shape index (κ2) is 4.79. The Morgan fingerprint density at radius 2 is 2.32 bits per heavy atom. The van der Waals surface area contributed by atoms with E-state index in [0.717, 1.165) is 24.2 Å². The highest BCUT2D eigenvalue weighted by molar-refractivity contribution is 5.89. The summed E-state index contributed by atoms with van der Waals surface area (Å²) < 4.78 is 0. The van der Waals surface area contributed by atoms with E-state index < -0.39 is 0 Å². The number of carbonyl (C=O) groups is 1. The lowest BCUT2D eigenvalue weighted by atomic mass is 9.86. The molecular formula is C13H15N5O. The highest BCUT2D eigenvalue weighted by Gasteiger charge is 2.26. The minimum Gasteiger partial charge on any atom is -0.385 e. The molecule has 19 heavy (non-hydrogen) atoms. The third-order valence-corrected chi connectivity index (χ3v) is 3.36. The molecule has 1 aromatic carbocycles. The highest BCUT2D eigenvalue weighted by atomic mass is 16.1. The zero-order valence-corrected chi connectivity index (χ0v) is 10.7. The van der Waals surface area contributed by atoms with E-state index in [9.17, 15) is 4.79 Å². The van der Waals surface area contributed by atoms with Crippen LogP contribution in [0.2, 0.25) is 0 Å². The average molecular weight is 257 g/mol. The first-order valence-electron chi connectivity index (χ1n) is 6.32. The van der Waals surface area contributed by atoms with Crippen molar-refractivity contribution in [2.75, 3.05) is 11.9 Å². The number of nitrogens with one attached hydrogen (secondary N) is 1. The molecule has 2 aromatic rings. The number of fused-ring (bicyclic) bond motifs is 1. The van der Waals surface area contributed by atoms with Gasteiger partial charge in [-0.25, -0.2) is 0 Å². The second-order valence-corrected chi connectivity index (χ2v) is 4.69. The molecule has 2 heterocycles. The van der Waals surface area contributed by atoms with Gasteiger partial charge >= 0.3 is 0 Å². The van der Waals surface area contributed by atoms with Crippen molar-refractivity contribution in [2.24, 2.45) is 7.05 Å². The van der Waals surface area contributed by atoms with Gasteiger partial charge in [0.05, 0.1) is 13.5 Å². The van der Waals surface area contributed by atoms with Crippen molar-refractivity contribution in [2.45, 2.75) is 18.8 Å². The summed E-state index contributed by atoms with van der Waals surface area (Å²) in [5.41, 5.74) is 2.13. The zero-order valence-electron chi connectivity index (χ0n) is 10.7. The average Bonchev–Trinajstić information content (AvgIpc) is 2.83. The summed E-state index contributed by atoms with van der Waals surface area (Å²) in [7, 11) is 1.70. The van der Waals surface area contributed by atoms with E-state index in [1.165, 1.54) is 4.80 Å². The molecule has 0 amide bonds. The van der Waals surface area contributed by atoms with Crippen LogP contribution < -0.4 is 5.32 Å². The number of nitrogens with zero attached hydrogens (tertiary/aromatic N) is 4. The standard InChI is InChI=1S/C13H15N5O/c1-18-16-13(15-17-18)8-12(19)10-6-7-14-11-5-3-2-4-9(10)11/h2-5,10,14H,6-8H2,1H3. The third-order valence-electron chi connectivity index (χ3n) is 3.36. The van der Waals surface area contributed by atoms with Crippen molar-refractivity contribution in [1.29, 1.82) is 0 Å². The SMILES string of the molecule is Cn1nnc(CC(=O)C2CCNc3ccccc32)n1. The van der Waals surface area contributed by atoms with Crippen LogP contribution >= 0.6 is 0 Å². The third kappa shape index (κ3) is 2.33. The Kier molecular flexibility index (Phi) is 2.98. The molecule has 1 aromatic heterocycles. The lowest BCUT2D eigenvalue weighted by Crippen LogP contribution is -2.24.